The minimum atomic E-state index is -1.78. The minimum absolute atomic E-state index is 0. The van der Waals surface area contributed by atoms with Gasteiger partial charge < -0.3 is 36.5 Å². The van der Waals surface area contributed by atoms with Crippen LogP contribution in [0.15, 0.2) is 118 Å². The quantitative estimate of drug-likeness (QED) is 0.0787. The highest BCUT2D eigenvalue weighted by molar-refractivity contribution is 14.1. The normalized spacial score (nSPS) is 10.8. The van der Waals surface area contributed by atoms with Crippen molar-refractivity contribution in [3.8, 4) is 22.6 Å². The molecule has 0 unspecified atom stereocenters. The van der Waals surface area contributed by atoms with Gasteiger partial charge >= 0.3 is 7.12 Å². The second-order valence-electron chi connectivity index (χ2n) is 10.5. The third-order valence-corrected chi connectivity index (χ3v) is 8.98. The highest BCUT2D eigenvalue weighted by Gasteiger charge is 2.19. The van der Waals surface area contributed by atoms with E-state index in [1.165, 1.54) is 24.3 Å². The molecule has 6 nitrogen and oxygen atoms in total. The van der Waals surface area contributed by atoms with Crippen LogP contribution in [0, 0.1) is 22.6 Å². The van der Waals surface area contributed by atoms with E-state index in [2.05, 4.69) is 22.6 Å². The summed E-state index contributed by atoms with van der Waals surface area (Å²) in [5.41, 5.74) is 3.50. The van der Waals surface area contributed by atoms with Crippen molar-refractivity contribution in [2.45, 2.75) is 0 Å². The molecule has 248 valence electrons. The highest BCUT2D eigenvalue weighted by atomic mass is 127. The first-order valence-corrected chi connectivity index (χ1v) is 16.1. The zero-order chi connectivity index (χ0) is 34.1. The number of benzene rings is 6. The number of hydrogen-bond donors (Lipinski definition) is 4. The first-order chi connectivity index (χ1) is 23.0. The Balaban J connectivity index is 0.000000152. The van der Waals surface area contributed by atoms with E-state index in [0.717, 1.165) is 37.0 Å². The van der Waals surface area contributed by atoms with Gasteiger partial charge in [0.25, 0.3) is 0 Å². The Labute approximate surface area is 303 Å². The summed E-state index contributed by atoms with van der Waals surface area (Å²) in [6.45, 7) is 0. The van der Waals surface area contributed by atoms with Gasteiger partial charge in [-0.15, -0.1) is 0 Å². The van der Waals surface area contributed by atoms with Gasteiger partial charge in [-0.25, -0.2) is 8.78 Å². The molecule has 12 heteroatoms. The predicted octanol–water partition coefficient (Wildman–Crippen LogP) is 10.3. The molecule has 0 saturated heterocycles. The van der Waals surface area contributed by atoms with Crippen molar-refractivity contribution >= 4 is 102 Å². The molecule has 6 aromatic carbocycles. The molecule has 0 aliphatic heterocycles. The van der Waals surface area contributed by atoms with Crippen LogP contribution in [0.5, 0.6) is 11.5 Å². The maximum Gasteiger partial charge on any atom is 0.491 e. The van der Waals surface area contributed by atoms with Crippen molar-refractivity contribution in [2.75, 3.05) is 0 Å². The van der Waals surface area contributed by atoms with E-state index >= 15 is 0 Å². The van der Waals surface area contributed by atoms with Crippen molar-refractivity contribution in [2.24, 2.45) is 0 Å². The zero-order valence-corrected chi connectivity index (χ0v) is 29.1. The zero-order valence-electron chi connectivity index (χ0n) is 25.5. The van der Waals surface area contributed by atoms with Crippen LogP contribution >= 0.6 is 45.8 Å². The Kier molecular flexibility index (Phi) is 11.1. The Bertz CT molecular complexity index is 2450. The summed E-state index contributed by atoms with van der Waals surface area (Å²) in [7, 11) is -1.78. The van der Waals surface area contributed by atoms with Crippen LogP contribution in [0.4, 0.5) is 8.78 Å². The lowest BCUT2D eigenvalue weighted by atomic mass is 9.80. The summed E-state index contributed by atoms with van der Waals surface area (Å²) in [4.78, 5) is 0. The Morgan fingerprint density at radius 1 is 0.592 bits per heavy atom. The molecular weight excluding hydrogens is 787 g/mol. The molecule has 0 radical (unpaired) electrons. The largest absolute Gasteiger partial charge is 0.507 e. The van der Waals surface area contributed by atoms with E-state index in [9.17, 15) is 19.0 Å². The summed E-state index contributed by atoms with van der Waals surface area (Å²) >= 11 is 13.4. The van der Waals surface area contributed by atoms with E-state index in [1.54, 1.807) is 30.3 Å². The summed E-state index contributed by atoms with van der Waals surface area (Å²) in [5.74, 6) is -0.900. The molecular formula is C37H25BCl2F2IO6-. The Morgan fingerprint density at radius 2 is 1.10 bits per heavy atom. The van der Waals surface area contributed by atoms with Gasteiger partial charge in [0.15, 0.2) is 0 Å². The molecule has 4 N–H and O–H groups in total. The number of phenolic OH excluding ortho intramolecular Hbond substituents is 2. The molecule has 0 amide bonds. The van der Waals surface area contributed by atoms with E-state index in [-0.39, 0.29) is 23.7 Å². The van der Waals surface area contributed by atoms with Gasteiger partial charge in [0.2, 0.25) is 0 Å². The molecule has 0 saturated carbocycles. The average molecular weight is 812 g/mol. The number of furan rings is 2. The number of halogens is 5. The van der Waals surface area contributed by atoms with Crippen LogP contribution in [-0.4, -0.2) is 27.4 Å². The average Bonchev–Trinajstić information content (AvgIpc) is 3.63. The number of fused-ring (bicyclic) bond motifs is 6. The topological polar surface area (TPSA) is 107 Å². The molecule has 49 heavy (non-hydrogen) atoms. The van der Waals surface area contributed by atoms with Crippen LogP contribution in [0.3, 0.4) is 0 Å². The maximum atomic E-state index is 14.3. The van der Waals surface area contributed by atoms with Crippen LogP contribution in [-0.2, 0) is 0 Å². The van der Waals surface area contributed by atoms with E-state index in [1.807, 2.05) is 48.5 Å². The minimum Gasteiger partial charge on any atom is -0.507 e. The molecule has 0 bridgehead atoms. The monoisotopic (exact) mass is 811 g/mol. The van der Waals surface area contributed by atoms with Gasteiger partial charge in [0.05, 0.1) is 3.57 Å². The molecule has 8 aromatic rings. The van der Waals surface area contributed by atoms with Gasteiger partial charge in [-0.3, -0.25) is 0 Å². The van der Waals surface area contributed by atoms with E-state index in [4.69, 9.17) is 42.1 Å². The number of rotatable bonds is 2. The molecule has 2 heterocycles. The van der Waals surface area contributed by atoms with Gasteiger partial charge in [-0.2, -0.15) is 0 Å². The van der Waals surface area contributed by atoms with Crippen molar-refractivity contribution < 1.29 is 37.9 Å². The fourth-order valence-corrected chi connectivity index (χ4v) is 6.30. The lowest BCUT2D eigenvalue weighted by molar-refractivity contribution is 0.423. The maximum absolute atomic E-state index is 14.3. The molecule has 0 spiro atoms. The van der Waals surface area contributed by atoms with Crippen molar-refractivity contribution in [1.82, 2.24) is 0 Å². The Hall–Kier alpha value is -4.33. The fraction of sp³-hybridized carbons (Fsp3) is 0. The molecule has 0 aliphatic carbocycles. The van der Waals surface area contributed by atoms with Crippen LogP contribution in [0.25, 0.3) is 55.0 Å². The van der Waals surface area contributed by atoms with E-state index < -0.39 is 18.8 Å². The summed E-state index contributed by atoms with van der Waals surface area (Å²) in [6, 6.07) is 30.0. The lowest BCUT2D eigenvalue weighted by Gasteiger charge is -2.08. The van der Waals surface area contributed by atoms with Crippen molar-refractivity contribution in [1.29, 1.82) is 0 Å². The third-order valence-electron chi connectivity index (χ3n) is 7.42. The first-order valence-electron chi connectivity index (χ1n) is 14.2. The van der Waals surface area contributed by atoms with Crippen LogP contribution < -0.4 is 5.46 Å². The number of para-hydroxylation sites is 2. The third kappa shape index (κ3) is 7.34. The van der Waals surface area contributed by atoms with E-state index in [0.29, 0.717) is 38.5 Å². The van der Waals surface area contributed by atoms with Gasteiger partial charge in [0.1, 0.15) is 45.5 Å². The second-order valence-corrected chi connectivity index (χ2v) is 12.4. The van der Waals surface area contributed by atoms with Crippen molar-refractivity contribution in [3.63, 3.8) is 0 Å². The van der Waals surface area contributed by atoms with Crippen LogP contribution in [0.1, 0.15) is 0 Å². The molecule has 0 atom stereocenters. The molecule has 8 rings (SSSR count). The molecule has 0 fully saturated rings. The lowest BCUT2D eigenvalue weighted by Crippen LogP contribution is -2.32. The summed E-state index contributed by atoms with van der Waals surface area (Å²) in [5, 5.41) is 41.2. The number of phenols is 2. The Morgan fingerprint density at radius 3 is 1.67 bits per heavy atom. The van der Waals surface area contributed by atoms with Gasteiger partial charge in [-0.05, 0) is 89.3 Å². The SMILES string of the molecule is OB(O)c1ccc(Cl)cc1F.Oc1ccc2oc3ccccc3c2c1-c1ccc(Cl)cc1F.Oc1ccc2oc3ccccc3c2c1I.[CH3-]. The smallest absolute Gasteiger partial charge is 0.491 e. The van der Waals surface area contributed by atoms with Crippen LogP contribution in [0.2, 0.25) is 10.0 Å². The predicted molar refractivity (Wildman–Crippen MR) is 202 cm³/mol. The first kappa shape index (κ1) is 36.0. The fourth-order valence-electron chi connectivity index (χ4n) is 5.25. The summed E-state index contributed by atoms with van der Waals surface area (Å²) < 4.78 is 39.3. The van der Waals surface area contributed by atoms with Gasteiger partial charge in [-0.1, -0.05) is 65.7 Å². The van der Waals surface area contributed by atoms with Crippen molar-refractivity contribution in [3.05, 3.63) is 142 Å². The molecule has 2 aromatic heterocycles. The standard InChI is InChI=1S/C18H10ClFO2.C12H7IO2.C6H5BClFO2.CH3/c19-10-5-6-11(13(20)9-10)17-14(21)7-8-16-18(17)12-3-1-2-4-15(12)22-16;13-12-8(14)5-6-10-11(12)7-3-1-2-4-9(7)15-10;8-4-1-2-5(7(10)11)6(9)3-4;/h1-9,21H;1-6,14H;1-3,10-11H;1H3/q;;;-1. The highest BCUT2D eigenvalue weighted by Crippen LogP contribution is 2.43. The second kappa shape index (κ2) is 15.1. The number of hydrogen-bond acceptors (Lipinski definition) is 6. The van der Waals surface area contributed by atoms with Gasteiger partial charge in [0, 0.05) is 48.2 Å². The molecule has 0 aliphatic rings. The number of aromatic hydroxyl groups is 2. The summed E-state index contributed by atoms with van der Waals surface area (Å²) in [6.07, 6.45) is 0.